The van der Waals surface area contributed by atoms with Crippen LogP contribution in [0.3, 0.4) is 0 Å². The van der Waals surface area contributed by atoms with E-state index in [1.54, 1.807) is 0 Å². The molecule has 0 aliphatic carbocycles. The lowest BCUT2D eigenvalue weighted by Gasteiger charge is -2.36. The number of nitrogens with one attached hydrogen (secondary N) is 1. The minimum absolute atomic E-state index is 0.0211. The van der Waals surface area contributed by atoms with Gasteiger partial charge >= 0.3 is 0 Å². The van der Waals surface area contributed by atoms with Gasteiger partial charge in [0.1, 0.15) is 0 Å². The lowest BCUT2D eigenvalue weighted by Crippen LogP contribution is -2.49. The Morgan fingerprint density at radius 2 is 1.74 bits per heavy atom. The molecule has 1 amide bonds. The number of para-hydroxylation sites is 1. The number of anilines is 1. The van der Waals surface area contributed by atoms with Gasteiger partial charge in [-0.05, 0) is 36.6 Å². The van der Waals surface area contributed by atoms with Crippen molar-refractivity contribution < 1.29 is 4.79 Å². The summed E-state index contributed by atoms with van der Waals surface area (Å²) in [6.07, 6.45) is 1.03. The normalized spacial score (nSPS) is 16.2. The van der Waals surface area contributed by atoms with Gasteiger partial charge in [-0.2, -0.15) is 0 Å². The third-order valence-corrected chi connectivity index (χ3v) is 5.52. The SMILES string of the molecule is CCc1ccc(C(C)NC(=O)CN2CCN(c3ccccc3Cl)CC2)cc1. The van der Waals surface area contributed by atoms with Crippen molar-refractivity contribution in [3.63, 3.8) is 0 Å². The summed E-state index contributed by atoms with van der Waals surface area (Å²) in [5.74, 6) is 0.0771. The Bertz CT molecular complexity index is 754. The largest absolute Gasteiger partial charge is 0.368 e. The summed E-state index contributed by atoms with van der Waals surface area (Å²) >= 11 is 6.29. The number of aryl methyl sites for hydroxylation is 1. The van der Waals surface area contributed by atoms with Crippen LogP contribution in [0, 0.1) is 0 Å². The maximum Gasteiger partial charge on any atom is 0.234 e. The third-order valence-electron chi connectivity index (χ3n) is 5.20. The molecule has 1 atom stereocenters. The van der Waals surface area contributed by atoms with Crippen molar-refractivity contribution >= 4 is 23.2 Å². The number of piperazine rings is 1. The van der Waals surface area contributed by atoms with Crippen molar-refractivity contribution in [1.29, 1.82) is 0 Å². The molecule has 1 N–H and O–H groups in total. The summed E-state index contributed by atoms with van der Waals surface area (Å²) < 4.78 is 0. The zero-order valence-electron chi connectivity index (χ0n) is 16.1. The fraction of sp³-hybridized carbons (Fsp3) is 0.409. The Hall–Kier alpha value is -2.04. The number of amides is 1. The monoisotopic (exact) mass is 385 g/mol. The number of carbonyl (C=O) groups is 1. The first kappa shape index (κ1) is 19.7. The molecule has 0 saturated carbocycles. The van der Waals surface area contributed by atoms with Crippen LogP contribution in [0.2, 0.25) is 5.02 Å². The molecule has 0 bridgehead atoms. The molecule has 1 aliphatic rings. The highest BCUT2D eigenvalue weighted by molar-refractivity contribution is 6.33. The highest BCUT2D eigenvalue weighted by atomic mass is 35.5. The molecule has 1 aliphatic heterocycles. The molecule has 2 aromatic rings. The van der Waals surface area contributed by atoms with Gasteiger partial charge in [-0.3, -0.25) is 9.69 Å². The second-order valence-electron chi connectivity index (χ2n) is 7.10. The fourth-order valence-electron chi connectivity index (χ4n) is 3.47. The molecule has 1 heterocycles. The van der Waals surface area contributed by atoms with Gasteiger partial charge in [0.2, 0.25) is 5.91 Å². The fourth-order valence-corrected chi connectivity index (χ4v) is 3.73. The number of nitrogens with zero attached hydrogens (tertiary/aromatic N) is 2. The molecule has 27 heavy (non-hydrogen) atoms. The van der Waals surface area contributed by atoms with E-state index < -0.39 is 0 Å². The lowest BCUT2D eigenvalue weighted by molar-refractivity contribution is -0.123. The first-order valence-corrected chi connectivity index (χ1v) is 10.0. The quantitative estimate of drug-likeness (QED) is 0.819. The molecule has 5 heteroatoms. The number of benzene rings is 2. The van der Waals surface area contributed by atoms with E-state index in [-0.39, 0.29) is 11.9 Å². The van der Waals surface area contributed by atoms with Crippen molar-refractivity contribution in [1.82, 2.24) is 10.2 Å². The third kappa shape index (κ3) is 5.24. The minimum atomic E-state index is 0.0211. The molecule has 4 nitrogen and oxygen atoms in total. The Labute approximate surface area is 167 Å². The molecule has 3 rings (SSSR count). The van der Waals surface area contributed by atoms with Crippen LogP contribution in [0.5, 0.6) is 0 Å². The Morgan fingerprint density at radius 3 is 2.37 bits per heavy atom. The number of rotatable bonds is 6. The summed E-state index contributed by atoms with van der Waals surface area (Å²) in [6, 6.07) is 16.4. The second-order valence-corrected chi connectivity index (χ2v) is 7.51. The first-order chi connectivity index (χ1) is 13.1. The lowest BCUT2D eigenvalue weighted by atomic mass is 10.1. The summed E-state index contributed by atoms with van der Waals surface area (Å²) in [5.41, 5.74) is 3.53. The average molecular weight is 386 g/mol. The Balaban J connectivity index is 1.47. The topological polar surface area (TPSA) is 35.6 Å². The van der Waals surface area contributed by atoms with Crippen LogP contribution < -0.4 is 10.2 Å². The highest BCUT2D eigenvalue weighted by Gasteiger charge is 2.21. The van der Waals surface area contributed by atoms with E-state index in [4.69, 9.17) is 11.6 Å². The number of hydrogen-bond donors (Lipinski definition) is 1. The standard InChI is InChI=1S/C22H28ClN3O/c1-3-18-8-10-19(11-9-18)17(2)24-22(27)16-25-12-14-26(15-13-25)21-7-5-4-6-20(21)23/h4-11,17H,3,12-16H2,1-2H3,(H,24,27). The highest BCUT2D eigenvalue weighted by Crippen LogP contribution is 2.26. The molecule has 1 fully saturated rings. The summed E-state index contributed by atoms with van der Waals surface area (Å²) in [4.78, 5) is 16.9. The Morgan fingerprint density at radius 1 is 1.07 bits per heavy atom. The van der Waals surface area contributed by atoms with Crippen LogP contribution in [0.1, 0.15) is 31.0 Å². The maximum absolute atomic E-state index is 12.4. The van der Waals surface area contributed by atoms with Crippen LogP contribution in [0.4, 0.5) is 5.69 Å². The molecule has 0 spiro atoms. The molecule has 0 radical (unpaired) electrons. The molecule has 2 aromatic carbocycles. The van der Waals surface area contributed by atoms with E-state index in [1.807, 2.05) is 25.1 Å². The summed E-state index contributed by atoms with van der Waals surface area (Å²) in [5, 5.41) is 3.90. The maximum atomic E-state index is 12.4. The first-order valence-electron chi connectivity index (χ1n) is 9.67. The Kier molecular flexibility index (Phi) is 6.75. The van der Waals surface area contributed by atoms with E-state index in [0.717, 1.165) is 48.9 Å². The molecule has 144 valence electrons. The van der Waals surface area contributed by atoms with Crippen molar-refractivity contribution in [2.75, 3.05) is 37.6 Å². The van der Waals surface area contributed by atoms with Gasteiger partial charge in [-0.15, -0.1) is 0 Å². The van der Waals surface area contributed by atoms with E-state index in [1.165, 1.54) is 5.56 Å². The van der Waals surface area contributed by atoms with E-state index in [9.17, 15) is 4.79 Å². The predicted octanol–water partition coefficient (Wildman–Crippen LogP) is 3.90. The van der Waals surface area contributed by atoms with Crippen molar-refractivity contribution in [3.8, 4) is 0 Å². The van der Waals surface area contributed by atoms with Gasteiger partial charge in [0.25, 0.3) is 0 Å². The minimum Gasteiger partial charge on any atom is -0.368 e. The van der Waals surface area contributed by atoms with Crippen molar-refractivity contribution in [2.45, 2.75) is 26.3 Å². The van der Waals surface area contributed by atoms with Crippen LogP contribution in [-0.4, -0.2) is 43.5 Å². The van der Waals surface area contributed by atoms with Gasteiger partial charge in [-0.25, -0.2) is 0 Å². The zero-order valence-corrected chi connectivity index (χ0v) is 16.9. The van der Waals surface area contributed by atoms with E-state index >= 15 is 0 Å². The van der Waals surface area contributed by atoms with Gasteiger partial charge in [0.15, 0.2) is 0 Å². The molecule has 0 aromatic heterocycles. The molecule has 1 saturated heterocycles. The van der Waals surface area contributed by atoms with Crippen molar-refractivity contribution in [2.24, 2.45) is 0 Å². The van der Waals surface area contributed by atoms with Crippen LogP contribution >= 0.6 is 11.6 Å². The summed E-state index contributed by atoms with van der Waals surface area (Å²) in [6.45, 7) is 8.10. The molecular formula is C22H28ClN3O. The van der Waals surface area contributed by atoms with Crippen LogP contribution in [0.25, 0.3) is 0 Å². The van der Waals surface area contributed by atoms with Gasteiger partial charge in [0, 0.05) is 26.2 Å². The predicted molar refractivity (Wildman–Crippen MR) is 112 cm³/mol. The van der Waals surface area contributed by atoms with Gasteiger partial charge < -0.3 is 10.2 Å². The van der Waals surface area contributed by atoms with Crippen molar-refractivity contribution in [3.05, 3.63) is 64.7 Å². The van der Waals surface area contributed by atoms with E-state index in [0.29, 0.717) is 6.54 Å². The zero-order chi connectivity index (χ0) is 19.2. The molecular weight excluding hydrogens is 358 g/mol. The molecule has 1 unspecified atom stereocenters. The van der Waals surface area contributed by atoms with E-state index in [2.05, 4.69) is 52.4 Å². The van der Waals surface area contributed by atoms with Gasteiger partial charge in [0.05, 0.1) is 23.3 Å². The van der Waals surface area contributed by atoms with Gasteiger partial charge in [-0.1, -0.05) is 54.9 Å². The smallest absolute Gasteiger partial charge is 0.234 e. The second kappa shape index (κ2) is 9.25. The van der Waals surface area contributed by atoms with Crippen LogP contribution in [0.15, 0.2) is 48.5 Å². The summed E-state index contributed by atoms with van der Waals surface area (Å²) in [7, 11) is 0. The average Bonchev–Trinajstić information content (AvgIpc) is 2.69. The number of halogens is 1. The number of hydrogen-bond acceptors (Lipinski definition) is 3. The number of carbonyl (C=O) groups excluding carboxylic acids is 1. The van der Waals surface area contributed by atoms with Crippen LogP contribution in [-0.2, 0) is 11.2 Å².